The minimum Gasteiger partial charge on any atom is -0.338 e. The molecule has 88 valence electrons. The van der Waals surface area contributed by atoms with E-state index in [4.69, 9.17) is 0 Å². The third kappa shape index (κ3) is 3.42. The second kappa shape index (κ2) is 5.76. The van der Waals surface area contributed by atoms with Crippen LogP contribution < -0.4 is 16.0 Å². The van der Waals surface area contributed by atoms with Gasteiger partial charge in [0, 0.05) is 6.54 Å². The first-order valence-electron chi connectivity index (χ1n) is 5.36. The predicted octanol–water partition coefficient (Wildman–Crippen LogP) is 0.659. The van der Waals surface area contributed by atoms with Crippen molar-refractivity contribution in [3.8, 4) is 0 Å². The second-order valence-electron chi connectivity index (χ2n) is 3.77. The molecule has 6 nitrogen and oxygen atoms in total. The first-order valence-corrected chi connectivity index (χ1v) is 6.24. The predicted molar refractivity (Wildman–Crippen MR) is 62.5 cm³/mol. The highest BCUT2D eigenvalue weighted by atomic mass is 32.1. The van der Waals surface area contributed by atoms with Crippen molar-refractivity contribution < 1.29 is 4.79 Å². The van der Waals surface area contributed by atoms with E-state index in [1.54, 1.807) is 5.51 Å². The van der Waals surface area contributed by atoms with E-state index in [0.29, 0.717) is 11.0 Å². The lowest BCUT2D eigenvalue weighted by atomic mass is 9.98. The van der Waals surface area contributed by atoms with Crippen LogP contribution in [-0.4, -0.2) is 35.9 Å². The van der Waals surface area contributed by atoms with Gasteiger partial charge in [-0.15, -0.1) is 10.2 Å². The Morgan fingerprint density at radius 2 is 2.38 bits per heavy atom. The van der Waals surface area contributed by atoms with Gasteiger partial charge in [-0.1, -0.05) is 11.3 Å². The van der Waals surface area contributed by atoms with Crippen LogP contribution >= 0.6 is 11.3 Å². The number of amides is 2. The van der Waals surface area contributed by atoms with Gasteiger partial charge in [-0.25, -0.2) is 4.79 Å². The molecule has 2 amide bonds. The normalized spacial score (nSPS) is 17.0. The molecule has 2 heterocycles. The fourth-order valence-corrected chi connectivity index (χ4v) is 2.13. The molecule has 1 saturated heterocycles. The van der Waals surface area contributed by atoms with Gasteiger partial charge in [-0.2, -0.15) is 0 Å². The summed E-state index contributed by atoms with van der Waals surface area (Å²) in [6, 6.07) is -0.199. The van der Waals surface area contributed by atoms with Crippen molar-refractivity contribution in [3.05, 3.63) is 5.51 Å². The van der Waals surface area contributed by atoms with Crippen LogP contribution in [0.4, 0.5) is 9.93 Å². The van der Waals surface area contributed by atoms with Gasteiger partial charge in [0.05, 0.1) is 0 Å². The van der Waals surface area contributed by atoms with E-state index in [1.807, 2.05) is 0 Å². The maximum absolute atomic E-state index is 11.5. The summed E-state index contributed by atoms with van der Waals surface area (Å²) in [4.78, 5) is 11.5. The zero-order valence-electron chi connectivity index (χ0n) is 8.90. The molecule has 0 atom stereocenters. The fourth-order valence-electron chi connectivity index (χ4n) is 1.69. The number of carbonyl (C=O) groups excluding carboxylic acids is 1. The van der Waals surface area contributed by atoms with Crippen molar-refractivity contribution >= 4 is 22.5 Å². The number of hydrogen-bond donors (Lipinski definition) is 3. The zero-order chi connectivity index (χ0) is 11.2. The monoisotopic (exact) mass is 241 g/mol. The molecule has 7 heteroatoms. The van der Waals surface area contributed by atoms with Crippen LogP contribution in [-0.2, 0) is 0 Å². The number of hydrogen-bond acceptors (Lipinski definition) is 5. The first-order chi connectivity index (χ1) is 7.84. The van der Waals surface area contributed by atoms with E-state index < -0.39 is 0 Å². The number of urea groups is 1. The summed E-state index contributed by atoms with van der Waals surface area (Å²) >= 11 is 1.31. The van der Waals surface area contributed by atoms with Crippen molar-refractivity contribution in [1.29, 1.82) is 0 Å². The van der Waals surface area contributed by atoms with Crippen molar-refractivity contribution in [2.24, 2.45) is 5.92 Å². The van der Waals surface area contributed by atoms with Gasteiger partial charge in [0.2, 0.25) is 5.13 Å². The Kier molecular flexibility index (Phi) is 4.06. The molecular formula is C9H15N5OS. The molecule has 2 rings (SSSR count). The lowest BCUT2D eigenvalue weighted by molar-refractivity contribution is 0.248. The minimum atomic E-state index is -0.199. The molecule has 3 N–H and O–H groups in total. The molecule has 1 aliphatic rings. The average Bonchev–Trinajstić information content (AvgIpc) is 2.81. The number of nitrogens with one attached hydrogen (secondary N) is 3. The molecule has 1 aromatic rings. The molecule has 1 aromatic heterocycles. The Balaban J connectivity index is 1.67. The molecule has 1 aliphatic heterocycles. The summed E-state index contributed by atoms with van der Waals surface area (Å²) in [6.07, 6.45) is 2.25. The second-order valence-corrected chi connectivity index (χ2v) is 4.61. The van der Waals surface area contributed by atoms with Crippen molar-refractivity contribution in [2.45, 2.75) is 12.8 Å². The van der Waals surface area contributed by atoms with Crippen LogP contribution in [0, 0.1) is 5.92 Å². The number of rotatable bonds is 3. The third-order valence-electron chi connectivity index (χ3n) is 2.59. The van der Waals surface area contributed by atoms with Crippen molar-refractivity contribution in [3.63, 3.8) is 0 Å². The van der Waals surface area contributed by atoms with Crippen LogP contribution in [0.15, 0.2) is 5.51 Å². The van der Waals surface area contributed by atoms with E-state index in [-0.39, 0.29) is 6.03 Å². The maximum Gasteiger partial charge on any atom is 0.321 e. The number of carbonyl (C=O) groups is 1. The van der Waals surface area contributed by atoms with Gasteiger partial charge in [-0.3, -0.25) is 5.32 Å². The molecular weight excluding hydrogens is 226 g/mol. The SMILES string of the molecule is O=C(NCC1CCNCC1)Nc1nncs1. The quantitative estimate of drug-likeness (QED) is 0.726. The minimum absolute atomic E-state index is 0.199. The van der Waals surface area contributed by atoms with Crippen molar-refractivity contribution in [2.75, 3.05) is 25.0 Å². The lowest BCUT2D eigenvalue weighted by Crippen LogP contribution is -2.37. The first kappa shape index (κ1) is 11.3. The highest BCUT2D eigenvalue weighted by Crippen LogP contribution is 2.10. The standard InChI is InChI=1S/C9H15N5OS/c15-8(13-9-14-12-6-16-9)11-5-7-1-3-10-4-2-7/h6-7,10H,1-5H2,(H2,11,13,14,15). The van der Waals surface area contributed by atoms with Crippen molar-refractivity contribution in [1.82, 2.24) is 20.8 Å². The molecule has 0 aliphatic carbocycles. The summed E-state index contributed by atoms with van der Waals surface area (Å²) in [7, 11) is 0. The molecule has 0 aromatic carbocycles. The molecule has 0 saturated carbocycles. The number of anilines is 1. The largest absolute Gasteiger partial charge is 0.338 e. The van der Waals surface area contributed by atoms with Gasteiger partial charge in [0.25, 0.3) is 0 Å². The van der Waals surface area contributed by atoms with Gasteiger partial charge in [0.15, 0.2) is 0 Å². The highest BCUT2D eigenvalue weighted by molar-refractivity contribution is 7.13. The van der Waals surface area contributed by atoms with Crippen LogP contribution in [0.25, 0.3) is 0 Å². The van der Waals surface area contributed by atoms with E-state index in [9.17, 15) is 4.79 Å². The average molecular weight is 241 g/mol. The Morgan fingerprint density at radius 3 is 3.06 bits per heavy atom. The number of piperidine rings is 1. The van der Waals surface area contributed by atoms with Gasteiger partial charge >= 0.3 is 6.03 Å². The van der Waals surface area contributed by atoms with Gasteiger partial charge in [-0.05, 0) is 31.8 Å². The van der Waals surface area contributed by atoms with E-state index in [2.05, 4.69) is 26.1 Å². The molecule has 0 unspecified atom stereocenters. The Bertz CT molecular complexity index is 323. The molecule has 0 radical (unpaired) electrons. The summed E-state index contributed by atoms with van der Waals surface area (Å²) in [5, 5.41) is 16.7. The molecule has 0 bridgehead atoms. The topological polar surface area (TPSA) is 78.9 Å². The summed E-state index contributed by atoms with van der Waals surface area (Å²) in [5.41, 5.74) is 1.59. The Morgan fingerprint density at radius 1 is 1.56 bits per heavy atom. The van der Waals surface area contributed by atoms with Crippen LogP contribution in [0.5, 0.6) is 0 Å². The zero-order valence-corrected chi connectivity index (χ0v) is 9.72. The maximum atomic E-state index is 11.5. The summed E-state index contributed by atoms with van der Waals surface area (Å²) in [6.45, 7) is 2.82. The summed E-state index contributed by atoms with van der Waals surface area (Å²) in [5.74, 6) is 0.585. The van der Waals surface area contributed by atoms with Crippen LogP contribution in [0.3, 0.4) is 0 Å². The van der Waals surface area contributed by atoms with Gasteiger partial charge in [0.1, 0.15) is 5.51 Å². The number of nitrogens with zero attached hydrogens (tertiary/aromatic N) is 2. The third-order valence-corrected chi connectivity index (χ3v) is 3.20. The Hall–Kier alpha value is -1.21. The lowest BCUT2D eigenvalue weighted by Gasteiger charge is -2.22. The molecule has 16 heavy (non-hydrogen) atoms. The fraction of sp³-hybridized carbons (Fsp3) is 0.667. The van der Waals surface area contributed by atoms with E-state index >= 15 is 0 Å². The molecule has 0 spiro atoms. The highest BCUT2D eigenvalue weighted by Gasteiger charge is 2.13. The van der Waals surface area contributed by atoms with E-state index in [1.165, 1.54) is 11.3 Å². The molecule has 1 fully saturated rings. The smallest absolute Gasteiger partial charge is 0.321 e. The Labute approximate surface area is 97.8 Å². The van der Waals surface area contributed by atoms with Crippen LogP contribution in [0.2, 0.25) is 0 Å². The van der Waals surface area contributed by atoms with Crippen LogP contribution in [0.1, 0.15) is 12.8 Å². The summed E-state index contributed by atoms with van der Waals surface area (Å²) < 4.78 is 0. The van der Waals surface area contributed by atoms with E-state index in [0.717, 1.165) is 32.5 Å². The van der Waals surface area contributed by atoms with Gasteiger partial charge < -0.3 is 10.6 Å². The number of aromatic nitrogens is 2.